The molecule has 142 valence electrons. The highest BCUT2D eigenvalue weighted by atomic mass is 79.9. The molecule has 4 nitrogen and oxygen atoms in total. The zero-order valence-electron chi connectivity index (χ0n) is 14.5. The number of benzene rings is 3. The Morgan fingerprint density at radius 2 is 1.79 bits per heavy atom. The van der Waals surface area contributed by atoms with Crippen molar-refractivity contribution in [2.75, 3.05) is 0 Å². The first-order chi connectivity index (χ1) is 13.5. The summed E-state index contributed by atoms with van der Waals surface area (Å²) >= 11 is 15.4. The van der Waals surface area contributed by atoms with E-state index >= 15 is 0 Å². The highest BCUT2D eigenvalue weighted by Gasteiger charge is 2.06. The van der Waals surface area contributed by atoms with E-state index in [1.54, 1.807) is 48.5 Å². The van der Waals surface area contributed by atoms with Gasteiger partial charge >= 0.3 is 0 Å². The number of amides is 1. The molecule has 3 aromatic rings. The number of ether oxygens (including phenoxy) is 1. The Kier molecular flexibility index (Phi) is 7.09. The molecule has 0 aliphatic heterocycles. The van der Waals surface area contributed by atoms with Gasteiger partial charge < -0.3 is 4.74 Å². The Hall–Kier alpha value is -2.34. The van der Waals surface area contributed by atoms with Crippen molar-refractivity contribution in [2.45, 2.75) is 6.61 Å². The highest BCUT2D eigenvalue weighted by Crippen LogP contribution is 2.23. The zero-order chi connectivity index (χ0) is 19.9. The van der Waals surface area contributed by atoms with Crippen LogP contribution in [-0.4, -0.2) is 12.1 Å². The van der Waals surface area contributed by atoms with Gasteiger partial charge in [-0.2, -0.15) is 5.10 Å². The van der Waals surface area contributed by atoms with Gasteiger partial charge in [0.2, 0.25) is 0 Å². The fourth-order valence-electron chi connectivity index (χ4n) is 2.37. The van der Waals surface area contributed by atoms with Gasteiger partial charge in [-0.15, -0.1) is 0 Å². The van der Waals surface area contributed by atoms with Gasteiger partial charge in [-0.05, 0) is 60.2 Å². The predicted octanol–water partition coefficient (Wildman–Crippen LogP) is 6.10. The van der Waals surface area contributed by atoms with Gasteiger partial charge in [0, 0.05) is 25.6 Å². The molecule has 0 atom stereocenters. The minimum Gasteiger partial charge on any atom is -0.488 e. The lowest BCUT2D eigenvalue weighted by Crippen LogP contribution is -2.17. The van der Waals surface area contributed by atoms with E-state index in [9.17, 15) is 4.79 Å². The van der Waals surface area contributed by atoms with Crippen molar-refractivity contribution in [3.05, 3.63) is 97.9 Å². The summed E-state index contributed by atoms with van der Waals surface area (Å²) in [5.41, 5.74) is 4.58. The number of nitrogens with zero attached hydrogens (tertiary/aromatic N) is 1. The van der Waals surface area contributed by atoms with Gasteiger partial charge in [0.25, 0.3) is 5.91 Å². The van der Waals surface area contributed by atoms with Gasteiger partial charge in [0.05, 0.1) is 6.21 Å². The molecule has 28 heavy (non-hydrogen) atoms. The summed E-state index contributed by atoms with van der Waals surface area (Å²) in [6.07, 6.45) is 1.50. The van der Waals surface area contributed by atoms with Crippen molar-refractivity contribution in [3.63, 3.8) is 0 Å². The van der Waals surface area contributed by atoms with E-state index in [2.05, 4.69) is 26.5 Å². The average molecular weight is 478 g/mol. The number of carbonyl (C=O) groups is 1. The summed E-state index contributed by atoms with van der Waals surface area (Å²) < 4.78 is 6.76. The minimum atomic E-state index is -0.313. The van der Waals surface area contributed by atoms with Gasteiger partial charge in [-0.25, -0.2) is 5.43 Å². The average Bonchev–Trinajstić information content (AvgIpc) is 2.68. The molecular formula is C21H15BrCl2N2O2. The number of hydrogen-bond acceptors (Lipinski definition) is 3. The smallest absolute Gasteiger partial charge is 0.271 e. The number of nitrogens with one attached hydrogen (secondary N) is 1. The first kappa shape index (κ1) is 20.4. The fourth-order valence-corrected chi connectivity index (χ4v) is 3.02. The van der Waals surface area contributed by atoms with Crippen LogP contribution in [0.25, 0.3) is 0 Å². The van der Waals surface area contributed by atoms with Crippen molar-refractivity contribution >= 4 is 51.3 Å². The first-order valence-electron chi connectivity index (χ1n) is 8.27. The monoisotopic (exact) mass is 476 g/mol. The molecule has 0 heterocycles. The van der Waals surface area contributed by atoms with Crippen LogP contribution in [-0.2, 0) is 6.61 Å². The second kappa shape index (κ2) is 9.73. The summed E-state index contributed by atoms with van der Waals surface area (Å²) in [6.45, 7) is 0.342. The third-order valence-corrected chi connectivity index (χ3v) is 4.73. The molecule has 0 bridgehead atoms. The third-order valence-electron chi connectivity index (χ3n) is 3.73. The van der Waals surface area contributed by atoms with E-state index in [4.69, 9.17) is 27.9 Å². The molecule has 0 saturated carbocycles. The topological polar surface area (TPSA) is 50.7 Å². The van der Waals surface area contributed by atoms with Crippen LogP contribution in [0, 0.1) is 0 Å². The van der Waals surface area contributed by atoms with E-state index in [0.717, 1.165) is 10.0 Å². The molecule has 0 aromatic heterocycles. The van der Waals surface area contributed by atoms with Crippen LogP contribution in [0.2, 0.25) is 10.0 Å². The Balaban J connectivity index is 1.68. The van der Waals surface area contributed by atoms with Gasteiger partial charge in [0.15, 0.2) is 0 Å². The standard InChI is InChI=1S/C21H15BrCl2N2O2/c22-17-6-4-15(5-7-17)21(27)26-25-12-16-11-19(24)8-9-20(16)28-13-14-2-1-3-18(23)10-14/h1-12H,13H2,(H,26,27). The summed E-state index contributed by atoms with van der Waals surface area (Å²) in [5, 5.41) is 5.20. The summed E-state index contributed by atoms with van der Waals surface area (Å²) in [4.78, 5) is 12.1. The largest absolute Gasteiger partial charge is 0.488 e. The van der Waals surface area contributed by atoms with Crippen LogP contribution in [0.15, 0.2) is 76.3 Å². The molecule has 0 saturated heterocycles. The normalized spacial score (nSPS) is 10.8. The summed E-state index contributed by atoms with van der Waals surface area (Å²) in [5.74, 6) is 0.276. The second-order valence-electron chi connectivity index (χ2n) is 5.81. The van der Waals surface area contributed by atoms with Crippen molar-refractivity contribution in [1.29, 1.82) is 0 Å². The Morgan fingerprint density at radius 1 is 1.04 bits per heavy atom. The molecule has 0 unspecified atom stereocenters. The Morgan fingerprint density at radius 3 is 2.54 bits per heavy atom. The van der Waals surface area contributed by atoms with E-state index in [0.29, 0.717) is 33.5 Å². The highest BCUT2D eigenvalue weighted by molar-refractivity contribution is 9.10. The van der Waals surface area contributed by atoms with Gasteiger partial charge in [-0.1, -0.05) is 51.3 Å². The van der Waals surface area contributed by atoms with Crippen molar-refractivity contribution in [2.24, 2.45) is 5.10 Å². The van der Waals surface area contributed by atoms with E-state index in [1.165, 1.54) is 6.21 Å². The third kappa shape index (κ3) is 5.83. The molecular weight excluding hydrogens is 463 g/mol. The number of hydrogen-bond donors (Lipinski definition) is 1. The van der Waals surface area contributed by atoms with Crippen LogP contribution in [0.4, 0.5) is 0 Å². The fraction of sp³-hybridized carbons (Fsp3) is 0.0476. The summed E-state index contributed by atoms with van der Waals surface area (Å²) in [6, 6.07) is 19.6. The number of halogens is 3. The molecule has 0 aliphatic rings. The Bertz CT molecular complexity index is 1010. The van der Waals surface area contributed by atoms with E-state index in [-0.39, 0.29) is 5.91 Å². The zero-order valence-corrected chi connectivity index (χ0v) is 17.6. The van der Waals surface area contributed by atoms with Gasteiger partial charge in [-0.3, -0.25) is 4.79 Å². The van der Waals surface area contributed by atoms with Crippen LogP contribution in [0.1, 0.15) is 21.5 Å². The quantitative estimate of drug-likeness (QED) is 0.344. The number of hydrazone groups is 1. The lowest BCUT2D eigenvalue weighted by molar-refractivity contribution is 0.0955. The Labute approximate surface area is 181 Å². The molecule has 0 radical (unpaired) electrons. The van der Waals surface area contributed by atoms with Crippen molar-refractivity contribution in [3.8, 4) is 5.75 Å². The SMILES string of the molecule is O=C(NN=Cc1cc(Cl)ccc1OCc1cccc(Cl)c1)c1ccc(Br)cc1. The van der Waals surface area contributed by atoms with Crippen LogP contribution in [0.3, 0.4) is 0 Å². The molecule has 0 fully saturated rings. The molecule has 7 heteroatoms. The van der Waals surface area contributed by atoms with Crippen LogP contribution < -0.4 is 10.2 Å². The first-order valence-corrected chi connectivity index (χ1v) is 9.82. The molecule has 1 N–H and O–H groups in total. The van der Waals surface area contributed by atoms with Crippen molar-refractivity contribution < 1.29 is 9.53 Å². The minimum absolute atomic E-state index is 0.313. The molecule has 0 spiro atoms. The molecule has 0 aliphatic carbocycles. The maximum absolute atomic E-state index is 12.1. The second-order valence-corrected chi connectivity index (χ2v) is 7.60. The van der Waals surface area contributed by atoms with Gasteiger partial charge in [0.1, 0.15) is 12.4 Å². The molecule has 1 amide bonds. The lowest BCUT2D eigenvalue weighted by atomic mass is 10.2. The van der Waals surface area contributed by atoms with E-state index < -0.39 is 0 Å². The predicted molar refractivity (Wildman–Crippen MR) is 116 cm³/mol. The lowest BCUT2D eigenvalue weighted by Gasteiger charge is -2.10. The number of carbonyl (C=O) groups excluding carboxylic acids is 1. The maximum Gasteiger partial charge on any atom is 0.271 e. The molecule has 3 rings (SSSR count). The van der Waals surface area contributed by atoms with E-state index in [1.807, 2.05) is 18.2 Å². The number of rotatable bonds is 6. The molecule has 3 aromatic carbocycles. The summed E-state index contributed by atoms with van der Waals surface area (Å²) in [7, 11) is 0. The van der Waals surface area contributed by atoms with Crippen LogP contribution in [0.5, 0.6) is 5.75 Å². The van der Waals surface area contributed by atoms with Crippen molar-refractivity contribution in [1.82, 2.24) is 5.43 Å². The maximum atomic E-state index is 12.1. The van der Waals surface area contributed by atoms with Crippen LogP contribution >= 0.6 is 39.1 Å².